The van der Waals surface area contributed by atoms with Crippen LogP contribution >= 0.6 is 11.6 Å². The van der Waals surface area contributed by atoms with Crippen molar-refractivity contribution in [3.63, 3.8) is 0 Å². The molecule has 1 aliphatic rings. The Morgan fingerprint density at radius 1 is 1.00 bits per heavy atom. The van der Waals surface area contributed by atoms with Crippen LogP contribution in [0.3, 0.4) is 0 Å². The number of hydrogen-bond donors (Lipinski definition) is 0. The molecule has 0 spiro atoms. The third-order valence-corrected chi connectivity index (χ3v) is 5.89. The summed E-state index contributed by atoms with van der Waals surface area (Å²) in [5, 5.41) is 2.40. The Labute approximate surface area is 192 Å². The fourth-order valence-electron chi connectivity index (χ4n) is 3.86. The van der Waals surface area contributed by atoms with E-state index >= 15 is 0 Å². The lowest BCUT2D eigenvalue weighted by Crippen LogP contribution is -2.45. The molecule has 0 atom stereocenters. The second-order valence-corrected chi connectivity index (χ2v) is 8.52. The van der Waals surface area contributed by atoms with Crippen molar-refractivity contribution in [3.05, 3.63) is 77.3 Å². The van der Waals surface area contributed by atoms with E-state index < -0.39 is 0 Å². The molecule has 0 radical (unpaired) electrons. The van der Waals surface area contributed by atoms with E-state index in [1.54, 1.807) is 40.1 Å². The smallest absolute Gasteiger partial charge is 0.255 e. The fraction of sp³-hybridized carbons (Fsp3) is 0.240. The van der Waals surface area contributed by atoms with Crippen LogP contribution in [0.5, 0.6) is 0 Å². The molecular weight excluding hydrogens is 426 g/mol. The minimum atomic E-state index is -0.267. The summed E-state index contributed by atoms with van der Waals surface area (Å²) in [6, 6.07) is 20.0. The molecule has 1 saturated heterocycles. The molecule has 1 aliphatic heterocycles. The van der Waals surface area contributed by atoms with Crippen LogP contribution in [0.1, 0.15) is 24.2 Å². The number of benzene rings is 3. The van der Waals surface area contributed by atoms with Crippen molar-refractivity contribution in [2.75, 3.05) is 24.7 Å². The van der Waals surface area contributed by atoms with E-state index in [0.29, 0.717) is 16.3 Å². The molecule has 3 amide bonds. The first kappa shape index (κ1) is 21.8. The van der Waals surface area contributed by atoms with Gasteiger partial charge in [0.25, 0.3) is 5.91 Å². The molecule has 1 fully saturated rings. The number of halogens is 1. The van der Waals surface area contributed by atoms with Crippen LogP contribution in [0.25, 0.3) is 10.8 Å². The highest BCUT2D eigenvalue weighted by molar-refractivity contribution is 6.30. The molecule has 32 heavy (non-hydrogen) atoms. The molecule has 3 aromatic rings. The first-order chi connectivity index (χ1) is 15.3. The second-order valence-electron chi connectivity index (χ2n) is 8.08. The molecule has 0 aromatic heterocycles. The van der Waals surface area contributed by atoms with Gasteiger partial charge in [0.15, 0.2) is 0 Å². The average Bonchev–Trinajstić information content (AvgIpc) is 3.18. The molecule has 7 heteroatoms. The van der Waals surface area contributed by atoms with Crippen molar-refractivity contribution in [1.82, 2.24) is 9.80 Å². The lowest BCUT2D eigenvalue weighted by Gasteiger charge is -2.28. The van der Waals surface area contributed by atoms with Crippen molar-refractivity contribution < 1.29 is 14.4 Å². The standard InChI is InChI=1S/C25H24ClN3O3/c1-17(2)28(25(32)22-9-5-7-18-6-3-4-8-21(18)22)15-23(30)27-14-24(31)29(16-27)20-12-10-19(26)11-13-20/h3-13,17H,14-16H2,1-2H3. The predicted molar refractivity (Wildman–Crippen MR) is 126 cm³/mol. The molecule has 1 heterocycles. The zero-order valence-corrected chi connectivity index (χ0v) is 18.7. The van der Waals surface area contributed by atoms with Crippen LogP contribution in [0, 0.1) is 0 Å². The first-order valence-corrected chi connectivity index (χ1v) is 10.9. The summed E-state index contributed by atoms with van der Waals surface area (Å²) in [7, 11) is 0. The van der Waals surface area contributed by atoms with E-state index in [9.17, 15) is 14.4 Å². The molecule has 0 N–H and O–H groups in total. The van der Waals surface area contributed by atoms with E-state index in [1.165, 1.54) is 4.90 Å². The molecule has 4 rings (SSSR count). The number of fused-ring (bicyclic) bond motifs is 1. The summed E-state index contributed by atoms with van der Waals surface area (Å²) >= 11 is 5.93. The van der Waals surface area contributed by atoms with Crippen molar-refractivity contribution in [3.8, 4) is 0 Å². The van der Waals surface area contributed by atoms with Crippen LogP contribution in [-0.4, -0.2) is 53.3 Å². The maximum atomic E-state index is 13.4. The Morgan fingerprint density at radius 2 is 1.69 bits per heavy atom. The highest BCUT2D eigenvalue weighted by Gasteiger charge is 2.33. The van der Waals surface area contributed by atoms with Crippen LogP contribution in [0.4, 0.5) is 5.69 Å². The quantitative estimate of drug-likeness (QED) is 0.587. The number of carbonyl (C=O) groups is 3. The first-order valence-electron chi connectivity index (χ1n) is 10.5. The summed E-state index contributed by atoms with van der Waals surface area (Å²) in [5.74, 6) is -0.639. The van der Waals surface area contributed by atoms with Crippen LogP contribution < -0.4 is 4.90 Å². The van der Waals surface area contributed by atoms with Gasteiger partial charge in [0.2, 0.25) is 11.8 Å². The number of hydrogen-bond acceptors (Lipinski definition) is 3. The van der Waals surface area contributed by atoms with Crippen LogP contribution in [-0.2, 0) is 9.59 Å². The van der Waals surface area contributed by atoms with Gasteiger partial charge >= 0.3 is 0 Å². The van der Waals surface area contributed by atoms with Crippen molar-refractivity contribution >= 4 is 45.8 Å². The average molecular weight is 450 g/mol. The third-order valence-electron chi connectivity index (χ3n) is 5.64. The highest BCUT2D eigenvalue weighted by atomic mass is 35.5. The third kappa shape index (κ3) is 4.32. The molecular formula is C25H24ClN3O3. The Kier molecular flexibility index (Phi) is 6.15. The molecule has 0 aliphatic carbocycles. The topological polar surface area (TPSA) is 60.9 Å². The van der Waals surface area contributed by atoms with Gasteiger partial charge in [-0.3, -0.25) is 19.3 Å². The number of amides is 3. The Hall–Kier alpha value is -3.38. The van der Waals surface area contributed by atoms with Crippen molar-refractivity contribution in [1.29, 1.82) is 0 Å². The maximum absolute atomic E-state index is 13.4. The van der Waals surface area contributed by atoms with E-state index in [4.69, 9.17) is 11.6 Å². The summed E-state index contributed by atoms with van der Waals surface area (Å²) in [6.45, 7) is 3.79. The van der Waals surface area contributed by atoms with Gasteiger partial charge in [0.1, 0.15) is 19.8 Å². The monoisotopic (exact) mass is 449 g/mol. The van der Waals surface area contributed by atoms with Gasteiger partial charge in [-0.05, 0) is 55.0 Å². The fourth-order valence-corrected chi connectivity index (χ4v) is 3.99. The van der Waals surface area contributed by atoms with E-state index in [0.717, 1.165) is 10.8 Å². The summed E-state index contributed by atoms with van der Waals surface area (Å²) < 4.78 is 0. The second kappa shape index (κ2) is 9.01. The van der Waals surface area contributed by atoms with E-state index in [2.05, 4.69) is 0 Å². The zero-order valence-electron chi connectivity index (χ0n) is 18.0. The molecule has 0 saturated carbocycles. The van der Waals surface area contributed by atoms with Crippen molar-refractivity contribution in [2.24, 2.45) is 0 Å². The number of nitrogens with zero attached hydrogens (tertiary/aromatic N) is 3. The van der Waals surface area contributed by atoms with Crippen molar-refractivity contribution in [2.45, 2.75) is 19.9 Å². The van der Waals surface area contributed by atoms with Crippen LogP contribution in [0.2, 0.25) is 5.02 Å². The van der Waals surface area contributed by atoms with Gasteiger partial charge in [-0.1, -0.05) is 48.0 Å². The normalized spacial score (nSPS) is 13.8. The number of rotatable bonds is 5. The van der Waals surface area contributed by atoms with Gasteiger partial charge in [-0.25, -0.2) is 0 Å². The van der Waals surface area contributed by atoms with Gasteiger partial charge in [0, 0.05) is 22.3 Å². The number of anilines is 1. The predicted octanol–water partition coefficient (Wildman–Crippen LogP) is 4.18. The lowest BCUT2D eigenvalue weighted by molar-refractivity contribution is -0.132. The molecule has 0 bridgehead atoms. The van der Waals surface area contributed by atoms with Gasteiger partial charge in [-0.15, -0.1) is 0 Å². The molecule has 0 unspecified atom stereocenters. The Balaban J connectivity index is 1.52. The van der Waals surface area contributed by atoms with Gasteiger partial charge < -0.3 is 9.80 Å². The van der Waals surface area contributed by atoms with Gasteiger partial charge in [-0.2, -0.15) is 0 Å². The Bertz CT molecular complexity index is 1170. The zero-order chi connectivity index (χ0) is 22.8. The molecule has 6 nitrogen and oxygen atoms in total. The summed E-state index contributed by atoms with van der Waals surface area (Å²) in [6.07, 6.45) is 0. The largest absolute Gasteiger partial charge is 0.327 e. The minimum absolute atomic E-state index is 0.0180. The summed E-state index contributed by atoms with van der Waals surface area (Å²) in [4.78, 5) is 43.6. The Morgan fingerprint density at radius 3 is 2.41 bits per heavy atom. The van der Waals surface area contributed by atoms with E-state index in [1.807, 2.05) is 50.2 Å². The minimum Gasteiger partial charge on any atom is -0.327 e. The highest BCUT2D eigenvalue weighted by Crippen LogP contribution is 2.23. The number of carbonyl (C=O) groups excluding carboxylic acids is 3. The maximum Gasteiger partial charge on any atom is 0.255 e. The molecule has 164 valence electrons. The lowest BCUT2D eigenvalue weighted by atomic mass is 10.0. The van der Waals surface area contributed by atoms with E-state index in [-0.39, 0.29) is 43.5 Å². The van der Waals surface area contributed by atoms with Crippen LogP contribution in [0.15, 0.2) is 66.7 Å². The molecule has 3 aromatic carbocycles. The SMILES string of the molecule is CC(C)N(CC(=O)N1CC(=O)N(c2ccc(Cl)cc2)C1)C(=O)c1cccc2ccccc12. The summed E-state index contributed by atoms with van der Waals surface area (Å²) in [5.41, 5.74) is 1.24. The van der Waals surface area contributed by atoms with Gasteiger partial charge in [0.05, 0.1) is 0 Å².